The van der Waals surface area contributed by atoms with Crippen molar-refractivity contribution in [2.45, 2.75) is 50.5 Å². The van der Waals surface area contributed by atoms with E-state index in [1.165, 1.54) is 0 Å². The van der Waals surface area contributed by atoms with Crippen LogP contribution >= 0.6 is 0 Å². The summed E-state index contributed by atoms with van der Waals surface area (Å²) < 4.78 is 27.5. The van der Waals surface area contributed by atoms with Gasteiger partial charge in [0.1, 0.15) is 4.90 Å². The van der Waals surface area contributed by atoms with E-state index in [4.69, 9.17) is 10.8 Å². The summed E-state index contributed by atoms with van der Waals surface area (Å²) in [5.74, 6) is 0. The first-order valence-electron chi connectivity index (χ1n) is 7.38. The smallest absolute Gasteiger partial charge is 0.245 e. The minimum absolute atomic E-state index is 0.0264. The second-order valence-corrected chi connectivity index (χ2v) is 7.53. The Morgan fingerprint density at radius 2 is 2.10 bits per heavy atom. The summed E-state index contributed by atoms with van der Waals surface area (Å²) in [6.45, 7) is 4.32. The fourth-order valence-corrected chi connectivity index (χ4v) is 5.13. The van der Waals surface area contributed by atoms with Crippen LogP contribution in [0.1, 0.15) is 36.8 Å². The van der Waals surface area contributed by atoms with E-state index in [1.807, 2.05) is 13.0 Å². The lowest BCUT2D eigenvalue weighted by Gasteiger charge is -2.26. The standard InChI is InChI=1S/C15H24N2O3S/c1-11-7-8-14(16)15(12(11)2)21(19,20)17-9-3-5-13(17)6-4-10-18/h7-8,13,18H,3-6,9-10,16H2,1-2H3. The lowest BCUT2D eigenvalue weighted by atomic mass is 10.1. The third kappa shape index (κ3) is 3.07. The molecule has 2 rings (SSSR count). The second-order valence-electron chi connectivity index (χ2n) is 5.70. The van der Waals surface area contributed by atoms with E-state index in [0.29, 0.717) is 25.1 Å². The molecule has 0 amide bonds. The Morgan fingerprint density at radius 1 is 1.38 bits per heavy atom. The van der Waals surface area contributed by atoms with Crippen LogP contribution in [-0.4, -0.2) is 37.0 Å². The molecule has 1 heterocycles. The van der Waals surface area contributed by atoms with Gasteiger partial charge in [-0.05, 0) is 56.7 Å². The van der Waals surface area contributed by atoms with Crippen LogP contribution in [0.5, 0.6) is 0 Å². The predicted octanol–water partition coefficient (Wildman–Crippen LogP) is 1.81. The van der Waals surface area contributed by atoms with Crippen LogP contribution in [0.3, 0.4) is 0 Å². The van der Waals surface area contributed by atoms with Crippen LogP contribution in [-0.2, 0) is 10.0 Å². The molecule has 0 radical (unpaired) electrons. The van der Waals surface area contributed by atoms with Gasteiger partial charge in [-0.2, -0.15) is 4.31 Å². The molecule has 1 aliphatic heterocycles. The Morgan fingerprint density at radius 3 is 2.76 bits per heavy atom. The van der Waals surface area contributed by atoms with Gasteiger partial charge in [-0.1, -0.05) is 6.07 Å². The van der Waals surface area contributed by atoms with E-state index in [-0.39, 0.29) is 17.5 Å². The molecule has 0 aliphatic carbocycles. The van der Waals surface area contributed by atoms with E-state index < -0.39 is 10.0 Å². The number of hydrogen-bond acceptors (Lipinski definition) is 4. The second kappa shape index (κ2) is 6.34. The van der Waals surface area contributed by atoms with Gasteiger partial charge in [-0.15, -0.1) is 0 Å². The first-order valence-corrected chi connectivity index (χ1v) is 8.82. The van der Waals surface area contributed by atoms with Crippen molar-refractivity contribution in [3.05, 3.63) is 23.3 Å². The van der Waals surface area contributed by atoms with E-state index >= 15 is 0 Å². The maximum Gasteiger partial charge on any atom is 0.245 e. The van der Waals surface area contributed by atoms with Crippen LogP contribution in [0.4, 0.5) is 5.69 Å². The highest BCUT2D eigenvalue weighted by Crippen LogP contribution is 2.33. The van der Waals surface area contributed by atoms with Crippen molar-refractivity contribution < 1.29 is 13.5 Å². The minimum Gasteiger partial charge on any atom is -0.398 e. The van der Waals surface area contributed by atoms with E-state index in [0.717, 1.165) is 24.0 Å². The van der Waals surface area contributed by atoms with Crippen molar-refractivity contribution in [1.29, 1.82) is 0 Å². The fraction of sp³-hybridized carbons (Fsp3) is 0.600. The average Bonchev–Trinajstić information content (AvgIpc) is 2.90. The van der Waals surface area contributed by atoms with Gasteiger partial charge < -0.3 is 10.8 Å². The molecule has 1 saturated heterocycles. The summed E-state index contributed by atoms with van der Waals surface area (Å²) in [5.41, 5.74) is 7.90. The van der Waals surface area contributed by atoms with Gasteiger partial charge in [0.05, 0.1) is 5.69 Å². The van der Waals surface area contributed by atoms with Gasteiger partial charge in [0, 0.05) is 19.2 Å². The van der Waals surface area contributed by atoms with Gasteiger partial charge in [0.15, 0.2) is 0 Å². The molecular formula is C15H24N2O3S. The van der Waals surface area contributed by atoms with Crippen molar-refractivity contribution >= 4 is 15.7 Å². The largest absolute Gasteiger partial charge is 0.398 e. The molecule has 6 heteroatoms. The lowest BCUT2D eigenvalue weighted by molar-refractivity contribution is 0.264. The van der Waals surface area contributed by atoms with Crippen molar-refractivity contribution in [3.8, 4) is 0 Å². The van der Waals surface area contributed by atoms with Crippen molar-refractivity contribution in [2.75, 3.05) is 18.9 Å². The molecule has 3 N–H and O–H groups in total. The van der Waals surface area contributed by atoms with Crippen molar-refractivity contribution in [1.82, 2.24) is 4.31 Å². The summed E-state index contributed by atoms with van der Waals surface area (Å²) in [6, 6.07) is 3.48. The van der Waals surface area contributed by atoms with E-state index in [1.54, 1.807) is 17.3 Å². The maximum absolute atomic E-state index is 13.0. The molecule has 0 spiro atoms. The molecule has 5 nitrogen and oxygen atoms in total. The molecule has 0 aromatic heterocycles. The predicted molar refractivity (Wildman–Crippen MR) is 83.6 cm³/mol. The quantitative estimate of drug-likeness (QED) is 0.812. The molecule has 21 heavy (non-hydrogen) atoms. The normalized spacial score (nSPS) is 20.0. The number of nitrogens with two attached hydrogens (primary N) is 1. The van der Waals surface area contributed by atoms with E-state index in [2.05, 4.69) is 0 Å². The number of aryl methyl sites for hydroxylation is 1. The Balaban J connectivity index is 2.40. The average molecular weight is 312 g/mol. The Bertz CT molecular complexity index is 614. The number of nitrogens with zero attached hydrogens (tertiary/aromatic N) is 1. The lowest BCUT2D eigenvalue weighted by Crippen LogP contribution is -2.36. The van der Waals surface area contributed by atoms with Gasteiger partial charge in [-0.3, -0.25) is 0 Å². The SMILES string of the molecule is Cc1ccc(N)c(S(=O)(=O)N2CCCC2CCCO)c1C. The van der Waals surface area contributed by atoms with Gasteiger partial charge in [0.2, 0.25) is 10.0 Å². The summed E-state index contributed by atoms with van der Waals surface area (Å²) in [4.78, 5) is 0.249. The van der Waals surface area contributed by atoms with Crippen molar-refractivity contribution in [2.24, 2.45) is 0 Å². The third-order valence-corrected chi connectivity index (χ3v) is 6.45. The summed E-state index contributed by atoms with van der Waals surface area (Å²) >= 11 is 0. The Kier molecular flexibility index (Phi) is 4.91. The molecule has 1 aromatic rings. The van der Waals surface area contributed by atoms with Gasteiger partial charge >= 0.3 is 0 Å². The molecule has 0 saturated carbocycles. The van der Waals surface area contributed by atoms with Crippen molar-refractivity contribution in [3.63, 3.8) is 0 Å². The van der Waals surface area contributed by atoms with Crippen LogP contribution in [0, 0.1) is 13.8 Å². The van der Waals surface area contributed by atoms with Crippen LogP contribution in [0.25, 0.3) is 0 Å². The molecule has 118 valence electrons. The molecule has 1 fully saturated rings. The fourth-order valence-electron chi connectivity index (χ4n) is 3.01. The summed E-state index contributed by atoms with van der Waals surface area (Å²) in [7, 11) is -3.58. The minimum atomic E-state index is -3.58. The van der Waals surface area contributed by atoms with Crippen LogP contribution in [0.2, 0.25) is 0 Å². The molecule has 1 aliphatic rings. The number of aliphatic hydroxyl groups is 1. The number of aliphatic hydroxyl groups excluding tert-OH is 1. The third-order valence-electron chi connectivity index (χ3n) is 4.29. The van der Waals surface area contributed by atoms with E-state index in [9.17, 15) is 8.42 Å². The highest BCUT2D eigenvalue weighted by Gasteiger charge is 2.36. The Hall–Kier alpha value is -1.11. The first-order chi connectivity index (χ1) is 9.89. The number of rotatable bonds is 5. The number of benzene rings is 1. The molecule has 1 aromatic carbocycles. The highest BCUT2D eigenvalue weighted by atomic mass is 32.2. The molecule has 1 atom stereocenters. The molecule has 1 unspecified atom stereocenters. The number of nitrogen functional groups attached to an aromatic ring is 1. The first kappa shape index (κ1) is 16.3. The molecule has 0 bridgehead atoms. The summed E-state index contributed by atoms with van der Waals surface area (Å²) in [5, 5.41) is 8.97. The summed E-state index contributed by atoms with van der Waals surface area (Å²) in [6.07, 6.45) is 3.03. The number of hydrogen-bond donors (Lipinski definition) is 2. The number of sulfonamides is 1. The van der Waals surface area contributed by atoms with Gasteiger partial charge in [0.25, 0.3) is 0 Å². The zero-order chi connectivity index (χ0) is 15.6. The monoisotopic (exact) mass is 312 g/mol. The zero-order valence-corrected chi connectivity index (χ0v) is 13.5. The van der Waals surface area contributed by atoms with Gasteiger partial charge in [-0.25, -0.2) is 8.42 Å². The highest BCUT2D eigenvalue weighted by molar-refractivity contribution is 7.89. The zero-order valence-electron chi connectivity index (χ0n) is 12.7. The number of anilines is 1. The van der Waals surface area contributed by atoms with Crippen LogP contribution in [0.15, 0.2) is 17.0 Å². The maximum atomic E-state index is 13.0. The Labute approximate surface area is 126 Å². The molecular weight excluding hydrogens is 288 g/mol. The topological polar surface area (TPSA) is 83.6 Å². The van der Waals surface area contributed by atoms with Crippen LogP contribution < -0.4 is 5.73 Å².